The van der Waals surface area contributed by atoms with Gasteiger partial charge in [0.25, 0.3) is 0 Å². The van der Waals surface area contributed by atoms with Crippen LogP contribution in [0.3, 0.4) is 0 Å². The van der Waals surface area contributed by atoms with Crippen LogP contribution >= 0.6 is 0 Å². The van der Waals surface area contributed by atoms with Gasteiger partial charge in [0.05, 0.1) is 6.26 Å². The van der Waals surface area contributed by atoms with Crippen LogP contribution in [0.25, 0.3) is 11.0 Å². The molecule has 1 heterocycles. The first-order valence-corrected chi connectivity index (χ1v) is 5.11. The Morgan fingerprint density at radius 1 is 1.21 bits per heavy atom. The Hall–Kier alpha value is -1.44. The molecule has 0 unspecified atom stereocenters. The van der Waals surface area contributed by atoms with Crippen LogP contribution in [0.2, 0.25) is 0 Å². The third-order valence-electron chi connectivity index (χ3n) is 1.83. The fourth-order valence-electron chi connectivity index (χ4n) is 1.28. The molecule has 0 aliphatic heterocycles. The van der Waals surface area contributed by atoms with E-state index in [0.717, 1.165) is 23.2 Å². The molecule has 0 fully saturated rings. The molecular formula is C12H17NO. The van der Waals surface area contributed by atoms with Gasteiger partial charge in [-0.15, -0.1) is 0 Å². The van der Waals surface area contributed by atoms with E-state index in [9.17, 15) is 0 Å². The van der Waals surface area contributed by atoms with E-state index in [4.69, 9.17) is 4.42 Å². The van der Waals surface area contributed by atoms with E-state index in [-0.39, 0.29) is 0 Å². The molecule has 0 aliphatic carbocycles. The predicted octanol–water partition coefficient (Wildman–Crippen LogP) is 3.89. The van der Waals surface area contributed by atoms with Crippen molar-refractivity contribution in [3.05, 3.63) is 30.5 Å². The highest BCUT2D eigenvalue weighted by Crippen LogP contribution is 2.19. The maximum absolute atomic E-state index is 5.22. The van der Waals surface area contributed by atoms with Crippen molar-refractivity contribution in [2.75, 3.05) is 11.9 Å². The zero-order valence-electron chi connectivity index (χ0n) is 9.00. The summed E-state index contributed by atoms with van der Waals surface area (Å²) in [5.41, 5.74) is 2.09. The molecule has 0 saturated carbocycles. The number of furan rings is 1. The monoisotopic (exact) mass is 191 g/mol. The smallest absolute Gasteiger partial charge is 0.133 e. The lowest BCUT2D eigenvalue weighted by Gasteiger charge is -2.01. The van der Waals surface area contributed by atoms with E-state index in [1.165, 1.54) is 0 Å². The highest BCUT2D eigenvalue weighted by molar-refractivity contribution is 5.80. The van der Waals surface area contributed by atoms with Crippen molar-refractivity contribution in [1.82, 2.24) is 0 Å². The molecule has 2 aromatic rings. The summed E-state index contributed by atoms with van der Waals surface area (Å²) in [5, 5.41) is 4.39. The molecule has 76 valence electrons. The zero-order valence-corrected chi connectivity index (χ0v) is 9.00. The van der Waals surface area contributed by atoms with Crippen LogP contribution in [0.5, 0.6) is 0 Å². The summed E-state index contributed by atoms with van der Waals surface area (Å²) < 4.78 is 5.22. The number of benzene rings is 1. The second kappa shape index (κ2) is 5.32. The number of nitrogens with one attached hydrogen (secondary N) is 1. The van der Waals surface area contributed by atoms with Crippen LogP contribution in [-0.2, 0) is 0 Å². The molecule has 2 heteroatoms. The van der Waals surface area contributed by atoms with Gasteiger partial charge in [-0.25, -0.2) is 0 Å². The lowest BCUT2D eigenvalue weighted by Crippen LogP contribution is -1.94. The Kier molecular flexibility index (Phi) is 4.05. The second-order valence-corrected chi connectivity index (χ2v) is 2.70. The maximum Gasteiger partial charge on any atom is 0.133 e. The molecule has 1 N–H and O–H groups in total. The van der Waals surface area contributed by atoms with Crippen molar-refractivity contribution in [1.29, 1.82) is 0 Å². The van der Waals surface area contributed by atoms with Crippen molar-refractivity contribution in [3.8, 4) is 0 Å². The fourth-order valence-corrected chi connectivity index (χ4v) is 1.28. The van der Waals surface area contributed by atoms with Gasteiger partial charge >= 0.3 is 0 Å². The van der Waals surface area contributed by atoms with E-state index < -0.39 is 0 Å². The second-order valence-electron chi connectivity index (χ2n) is 2.70. The minimum atomic E-state index is 0.941. The van der Waals surface area contributed by atoms with Crippen LogP contribution in [0, 0.1) is 0 Å². The molecule has 2 rings (SSSR count). The highest BCUT2D eigenvalue weighted by atomic mass is 16.3. The topological polar surface area (TPSA) is 25.2 Å². The first kappa shape index (κ1) is 10.6. The average Bonchev–Trinajstić information content (AvgIpc) is 2.68. The lowest BCUT2D eigenvalue weighted by molar-refractivity contribution is 0.616. The van der Waals surface area contributed by atoms with Crippen LogP contribution in [-0.4, -0.2) is 6.54 Å². The molecule has 0 bridgehead atoms. The van der Waals surface area contributed by atoms with Crippen molar-refractivity contribution in [2.24, 2.45) is 0 Å². The minimum Gasteiger partial charge on any atom is -0.464 e. The third kappa shape index (κ3) is 2.28. The molecule has 14 heavy (non-hydrogen) atoms. The Labute approximate surface area is 84.9 Å². The summed E-state index contributed by atoms with van der Waals surface area (Å²) in [4.78, 5) is 0. The minimum absolute atomic E-state index is 0.941. The van der Waals surface area contributed by atoms with E-state index in [1.807, 2.05) is 32.0 Å². The molecular weight excluding hydrogens is 174 g/mol. The van der Waals surface area contributed by atoms with Gasteiger partial charge in [0.15, 0.2) is 0 Å². The summed E-state index contributed by atoms with van der Waals surface area (Å²) in [5.74, 6) is 0. The van der Waals surface area contributed by atoms with Gasteiger partial charge in [0, 0.05) is 17.6 Å². The van der Waals surface area contributed by atoms with Gasteiger partial charge in [0.2, 0.25) is 0 Å². The van der Waals surface area contributed by atoms with Crippen LogP contribution in [0.4, 0.5) is 5.69 Å². The molecule has 0 radical (unpaired) electrons. The van der Waals surface area contributed by atoms with Crippen LogP contribution < -0.4 is 5.32 Å². The molecule has 0 atom stereocenters. The summed E-state index contributed by atoms with van der Waals surface area (Å²) in [7, 11) is 0. The summed E-state index contributed by atoms with van der Waals surface area (Å²) in [6.45, 7) is 7.03. The van der Waals surface area contributed by atoms with E-state index >= 15 is 0 Å². The SMILES string of the molecule is CC.CCNc1ccc2occc2c1. The quantitative estimate of drug-likeness (QED) is 0.779. The van der Waals surface area contributed by atoms with Gasteiger partial charge in [-0.2, -0.15) is 0 Å². The lowest BCUT2D eigenvalue weighted by atomic mass is 10.2. The van der Waals surface area contributed by atoms with Gasteiger partial charge in [-0.05, 0) is 31.2 Å². The Balaban J connectivity index is 0.000000461. The largest absolute Gasteiger partial charge is 0.464 e. The Morgan fingerprint density at radius 2 is 2.00 bits per heavy atom. The number of rotatable bonds is 2. The molecule has 1 aromatic carbocycles. The normalized spacial score (nSPS) is 9.36. The summed E-state index contributed by atoms with van der Waals surface area (Å²) in [6, 6.07) is 8.06. The average molecular weight is 191 g/mol. The first-order valence-electron chi connectivity index (χ1n) is 5.11. The van der Waals surface area contributed by atoms with Gasteiger partial charge < -0.3 is 9.73 Å². The first-order chi connectivity index (χ1) is 6.90. The Bertz CT molecular complexity index is 378. The van der Waals surface area contributed by atoms with E-state index in [2.05, 4.69) is 18.3 Å². The highest BCUT2D eigenvalue weighted by Gasteiger charge is 1.96. The summed E-state index contributed by atoms with van der Waals surface area (Å²) >= 11 is 0. The molecule has 0 aliphatic rings. The van der Waals surface area contributed by atoms with Crippen LogP contribution in [0.1, 0.15) is 20.8 Å². The van der Waals surface area contributed by atoms with Crippen molar-refractivity contribution in [3.63, 3.8) is 0 Å². The van der Waals surface area contributed by atoms with Crippen molar-refractivity contribution in [2.45, 2.75) is 20.8 Å². The molecule has 1 aromatic heterocycles. The standard InChI is InChI=1S/C10H11NO.C2H6/c1-2-11-9-3-4-10-8(7-9)5-6-12-10;1-2/h3-7,11H,2H2,1H3;1-2H3. The molecule has 2 nitrogen and oxygen atoms in total. The summed E-state index contributed by atoms with van der Waals surface area (Å²) in [6.07, 6.45) is 1.71. The van der Waals surface area contributed by atoms with Gasteiger partial charge in [-0.3, -0.25) is 0 Å². The molecule has 0 amide bonds. The maximum atomic E-state index is 5.22. The molecule has 0 spiro atoms. The van der Waals surface area contributed by atoms with Gasteiger partial charge in [0.1, 0.15) is 5.58 Å². The van der Waals surface area contributed by atoms with Gasteiger partial charge in [-0.1, -0.05) is 13.8 Å². The number of anilines is 1. The number of hydrogen-bond donors (Lipinski definition) is 1. The molecule has 0 saturated heterocycles. The van der Waals surface area contributed by atoms with E-state index in [1.54, 1.807) is 6.26 Å². The Morgan fingerprint density at radius 3 is 2.71 bits per heavy atom. The van der Waals surface area contributed by atoms with E-state index in [0.29, 0.717) is 0 Å². The number of hydrogen-bond acceptors (Lipinski definition) is 2. The van der Waals surface area contributed by atoms with Crippen molar-refractivity contribution >= 4 is 16.7 Å². The third-order valence-corrected chi connectivity index (χ3v) is 1.83. The van der Waals surface area contributed by atoms with Crippen LogP contribution in [0.15, 0.2) is 34.9 Å². The zero-order chi connectivity index (χ0) is 10.4. The fraction of sp³-hybridized carbons (Fsp3) is 0.333. The van der Waals surface area contributed by atoms with Crippen molar-refractivity contribution < 1.29 is 4.42 Å². The predicted molar refractivity (Wildman–Crippen MR) is 61.7 cm³/mol. The number of fused-ring (bicyclic) bond motifs is 1.